The predicted molar refractivity (Wildman–Crippen MR) is 71.9 cm³/mol. The van der Waals surface area contributed by atoms with Crippen molar-refractivity contribution in [1.82, 2.24) is 5.32 Å². The van der Waals surface area contributed by atoms with E-state index in [0.29, 0.717) is 19.4 Å². The van der Waals surface area contributed by atoms with Gasteiger partial charge in [-0.1, -0.05) is 51.9 Å². The van der Waals surface area contributed by atoms with Crippen molar-refractivity contribution in [3.63, 3.8) is 0 Å². The van der Waals surface area contributed by atoms with E-state index in [-0.39, 0.29) is 12.5 Å². The van der Waals surface area contributed by atoms with Gasteiger partial charge < -0.3 is 10.4 Å². The van der Waals surface area contributed by atoms with Crippen LogP contribution >= 0.6 is 0 Å². The summed E-state index contributed by atoms with van der Waals surface area (Å²) in [6.07, 6.45) is 11.4. The molecule has 0 bridgehead atoms. The lowest BCUT2D eigenvalue weighted by Gasteiger charge is -2.04. The lowest BCUT2D eigenvalue weighted by atomic mass is 10.1. The molecule has 0 aliphatic carbocycles. The minimum absolute atomic E-state index is 0.129. The van der Waals surface area contributed by atoms with Gasteiger partial charge in [0.1, 0.15) is 0 Å². The van der Waals surface area contributed by atoms with Crippen molar-refractivity contribution in [2.75, 3.05) is 13.2 Å². The number of amides is 1. The Morgan fingerprint density at radius 2 is 1.53 bits per heavy atom. The van der Waals surface area contributed by atoms with Crippen LogP contribution in [0.25, 0.3) is 0 Å². The Hall–Kier alpha value is -0.570. The number of aliphatic hydroxyl groups excluding tert-OH is 1. The number of carbonyl (C=O) groups is 1. The molecule has 2 N–H and O–H groups in total. The normalized spacial score (nSPS) is 10.5. The predicted octanol–water partition coefficient (Wildman–Crippen LogP) is 3.02. The molecule has 0 saturated heterocycles. The van der Waals surface area contributed by atoms with E-state index in [1.807, 2.05) is 0 Å². The van der Waals surface area contributed by atoms with Gasteiger partial charge in [0, 0.05) is 19.6 Å². The van der Waals surface area contributed by atoms with Crippen molar-refractivity contribution in [2.45, 2.75) is 71.1 Å². The fourth-order valence-electron chi connectivity index (χ4n) is 1.81. The van der Waals surface area contributed by atoms with Crippen LogP contribution in [0, 0.1) is 0 Å². The third kappa shape index (κ3) is 13.4. The number of hydrogen-bond donors (Lipinski definition) is 2. The van der Waals surface area contributed by atoms with Crippen molar-refractivity contribution < 1.29 is 9.90 Å². The Morgan fingerprint density at radius 1 is 0.941 bits per heavy atom. The lowest BCUT2D eigenvalue weighted by molar-refractivity contribution is -0.121. The number of unbranched alkanes of at least 4 members (excludes halogenated alkanes) is 7. The second-order valence-electron chi connectivity index (χ2n) is 4.65. The molecule has 17 heavy (non-hydrogen) atoms. The molecule has 0 unspecified atom stereocenters. The Balaban J connectivity index is 3.08. The standard InChI is InChI=1S/C14H29NO2/c1-2-3-4-5-6-7-8-9-11-14(17)15-12-10-13-16/h16H,2-13H2,1H3,(H,15,17). The SMILES string of the molecule is CCCCCCCCCCC(=O)NCCCO. The molecule has 0 aromatic heterocycles. The number of aliphatic hydroxyl groups is 1. The van der Waals surface area contributed by atoms with Crippen LogP contribution in [0.4, 0.5) is 0 Å². The van der Waals surface area contributed by atoms with E-state index in [4.69, 9.17) is 5.11 Å². The second kappa shape index (κ2) is 13.5. The molecule has 0 atom stereocenters. The quantitative estimate of drug-likeness (QED) is 0.518. The van der Waals surface area contributed by atoms with Gasteiger partial charge in [-0.15, -0.1) is 0 Å². The average molecular weight is 243 g/mol. The number of hydrogen-bond acceptors (Lipinski definition) is 2. The maximum atomic E-state index is 11.3. The summed E-state index contributed by atoms with van der Waals surface area (Å²) in [5.41, 5.74) is 0. The number of carbonyl (C=O) groups excluding carboxylic acids is 1. The van der Waals surface area contributed by atoms with Gasteiger partial charge in [0.2, 0.25) is 5.91 Å². The lowest BCUT2D eigenvalue weighted by Crippen LogP contribution is -2.24. The van der Waals surface area contributed by atoms with Gasteiger partial charge >= 0.3 is 0 Å². The molecule has 1 amide bonds. The molecule has 0 aliphatic heterocycles. The highest BCUT2D eigenvalue weighted by Gasteiger charge is 1.99. The summed E-state index contributed by atoms with van der Waals surface area (Å²) in [6.45, 7) is 2.99. The molecule has 3 nitrogen and oxygen atoms in total. The maximum absolute atomic E-state index is 11.3. The van der Waals surface area contributed by atoms with Gasteiger partial charge in [0.05, 0.1) is 0 Å². The zero-order chi connectivity index (χ0) is 12.8. The fourth-order valence-corrected chi connectivity index (χ4v) is 1.81. The molecule has 3 heteroatoms. The Kier molecular flexibility index (Phi) is 13.0. The van der Waals surface area contributed by atoms with Gasteiger partial charge in [0.25, 0.3) is 0 Å². The van der Waals surface area contributed by atoms with Crippen LogP contribution in [0.3, 0.4) is 0 Å². The summed E-state index contributed by atoms with van der Waals surface area (Å²) in [6, 6.07) is 0. The molecule has 0 fully saturated rings. The van der Waals surface area contributed by atoms with Crippen molar-refractivity contribution in [2.24, 2.45) is 0 Å². The highest BCUT2D eigenvalue weighted by molar-refractivity contribution is 5.75. The average Bonchev–Trinajstić information content (AvgIpc) is 2.33. The van der Waals surface area contributed by atoms with E-state index in [1.165, 1.54) is 44.9 Å². The second-order valence-corrected chi connectivity index (χ2v) is 4.65. The largest absolute Gasteiger partial charge is 0.396 e. The van der Waals surface area contributed by atoms with Gasteiger partial charge in [-0.25, -0.2) is 0 Å². The molecule has 102 valence electrons. The summed E-state index contributed by atoms with van der Waals surface area (Å²) in [5, 5.41) is 11.4. The zero-order valence-electron chi connectivity index (χ0n) is 11.3. The first kappa shape index (κ1) is 16.4. The molecular weight excluding hydrogens is 214 g/mol. The van der Waals surface area contributed by atoms with E-state index >= 15 is 0 Å². The van der Waals surface area contributed by atoms with Gasteiger partial charge in [-0.2, -0.15) is 0 Å². The van der Waals surface area contributed by atoms with Gasteiger partial charge in [0.15, 0.2) is 0 Å². The number of rotatable bonds is 12. The maximum Gasteiger partial charge on any atom is 0.219 e. The topological polar surface area (TPSA) is 49.3 Å². The van der Waals surface area contributed by atoms with Crippen LogP contribution in [0.5, 0.6) is 0 Å². The van der Waals surface area contributed by atoms with E-state index in [2.05, 4.69) is 12.2 Å². The van der Waals surface area contributed by atoms with Crippen molar-refractivity contribution >= 4 is 5.91 Å². The van der Waals surface area contributed by atoms with Crippen LogP contribution in [-0.2, 0) is 4.79 Å². The van der Waals surface area contributed by atoms with Crippen LogP contribution in [0.2, 0.25) is 0 Å². The first-order valence-corrected chi connectivity index (χ1v) is 7.18. The summed E-state index contributed by atoms with van der Waals surface area (Å²) < 4.78 is 0. The minimum atomic E-state index is 0.129. The molecule has 0 heterocycles. The molecule has 0 spiro atoms. The van der Waals surface area contributed by atoms with Crippen molar-refractivity contribution in [1.29, 1.82) is 0 Å². The van der Waals surface area contributed by atoms with E-state index in [9.17, 15) is 4.79 Å². The summed E-state index contributed by atoms with van der Waals surface area (Å²) >= 11 is 0. The van der Waals surface area contributed by atoms with Crippen molar-refractivity contribution in [3.05, 3.63) is 0 Å². The van der Waals surface area contributed by atoms with E-state index < -0.39 is 0 Å². The Morgan fingerprint density at radius 3 is 2.12 bits per heavy atom. The fraction of sp³-hybridized carbons (Fsp3) is 0.929. The number of nitrogens with one attached hydrogen (secondary N) is 1. The highest BCUT2D eigenvalue weighted by Crippen LogP contribution is 2.09. The molecule has 0 aliphatic rings. The summed E-state index contributed by atoms with van der Waals surface area (Å²) in [7, 11) is 0. The summed E-state index contributed by atoms with van der Waals surface area (Å²) in [5.74, 6) is 0.129. The third-order valence-corrected chi connectivity index (χ3v) is 2.91. The molecule has 0 aromatic carbocycles. The first-order chi connectivity index (χ1) is 8.31. The molecule has 0 radical (unpaired) electrons. The van der Waals surface area contributed by atoms with E-state index in [0.717, 1.165) is 6.42 Å². The Labute approximate surface area is 106 Å². The smallest absolute Gasteiger partial charge is 0.219 e. The molecule has 0 rings (SSSR count). The molecule has 0 aromatic rings. The van der Waals surface area contributed by atoms with Crippen LogP contribution in [0.15, 0.2) is 0 Å². The van der Waals surface area contributed by atoms with Gasteiger partial charge in [-0.3, -0.25) is 4.79 Å². The molecular formula is C14H29NO2. The first-order valence-electron chi connectivity index (χ1n) is 7.18. The van der Waals surface area contributed by atoms with Gasteiger partial charge in [-0.05, 0) is 12.8 Å². The van der Waals surface area contributed by atoms with Crippen LogP contribution < -0.4 is 5.32 Å². The highest BCUT2D eigenvalue weighted by atomic mass is 16.3. The molecule has 0 saturated carbocycles. The van der Waals surface area contributed by atoms with Crippen molar-refractivity contribution in [3.8, 4) is 0 Å². The third-order valence-electron chi connectivity index (χ3n) is 2.91. The Bertz CT molecular complexity index is 172. The van der Waals surface area contributed by atoms with Crippen LogP contribution in [-0.4, -0.2) is 24.2 Å². The minimum Gasteiger partial charge on any atom is -0.396 e. The van der Waals surface area contributed by atoms with Crippen LogP contribution in [0.1, 0.15) is 71.1 Å². The monoisotopic (exact) mass is 243 g/mol. The summed E-state index contributed by atoms with van der Waals surface area (Å²) in [4.78, 5) is 11.3. The zero-order valence-corrected chi connectivity index (χ0v) is 11.3. The van der Waals surface area contributed by atoms with E-state index in [1.54, 1.807) is 0 Å².